The molecule has 2 aliphatic carbocycles. The highest BCUT2D eigenvalue weighted by Gasteiger charge is 2.48. The van der Waals surface area contributed by atoms with Crippen molar-refractivity contribution in [2.24, 2.45) is 16.3 Å². The molecule has 0 aromatic carbocycles. The molecule has 0 spiro atoms. The van der Waals surface area contributed by atoms with Crippen LogP contribution in [0.5, 0.6) is 0 Å². The Morgan fingerprint density at radius 1 is 1.42 bits per heavy atom. The minimum Gasteiger partial charge on any atom is -0.409 e. The van der Waals surface area contributed by atoms with Crippen LogP contribution in [0.2, 0.25) is 0 Å². The van der Waals surface area contributed by atoms with Crippen LogP contribution in [-0.2, 0) is 4.79 Å². The van der Waals surface area contributed by atoms with E-state index in [1.165, 1.54) is 6.42 Å². The molecule has 5 nitrogen and oxygen atoms in total. The number of hydrogen-bond acceptors (Lipinski definition) is 4. The molecule has 19 heavy (non-hydrogen) atoms. The molecular weight excluding hydrogens is 262 g/mol. The minimum atomic E-state index is -0.749. The number of oxime groups is 1. The number of carbonyl (C=O) groups excluding carboxylic acids is 1. The van der Waals surface area contributed by atoms with Crippen LogP contribution >= 0.6 is 11.8 Å². The summed E-state index contributed by atoms with van der Waals surface area (Å²) in [5.41, 5.74) is 4.96. The predicted octanol–water partition coefficient (Wildman–Crippen LogP) is 1.69. The summed E-state index contributed by atoms with van der Waals surface area (Å²) in [4.78, 5) is 12.4. The molecule has 0 bridgehead atoms. The number of nitrogens with zero attached hydrogens (tertiary/aromatic N) is 1. The topological polar surface area (TPSA) is 87.7 Å². The zero-order valence-corrected chi connectivity index (χ0v) is 12.2. The fraction of sp³-hybridized carbons (Fsp3) is 0.846. The lowest BCUT2D eigenvalue weighted by Gasteiger charge is -2.40. The molecule has 0 radical (unpaired) electrons. The summed E-state index contributed by atoms with van der Waals surface area (Å²) in [6, 6.07) is 0.239. The maximum absolute atomic E-state index is 12.4. The molecule has 0 heterocycles. The first-order chi connectivity index (χ1) is 9.12. The van der Waals surface area contributed by atoms with Gasteiger partial charge in [0, 0.05) is 11.3 Å². The molecule has 2 fully saturated rings. The van der Waals surface area contributed by atoms with Gasteiger partial charge in [0.05, 0.1) is 0 Å². The van der Waals surface area contributed by atoms with Crippen molar-refractivity contribution in [1.82, 2.24) is 5.32 Å². The van der Waals surface area contributed by atoms with Crippen molar-refractivity contribution in [3.8, 4) is 0 Å². The van der Waals surface area contributed by atoms with Gasteiger partial charge in [0.1, 0.15) is 5.41 Å². The van der Waals surface area contributed by atoms with Crippen molar-refractivity contribution in [2.45, 2.75) is 56.2 Å². The zero-order valence-electron chi connectivity index (χ0n) is 11.4. The average Bonchev–Trinajstić information content (AvgIpc) is 2.37. The fourth-order valence-electron chi connectivity index (χ4n) is 3.04. The van der Waals surface area contributed by atoms with Gasteiger partial charge in [-0.3, -0.25) is 4.79 Å². The summed E-state index contributed by atoms with van der Waals surface area (Å²) in [6.45, 7) is 0. The molecule has 108 valence electrons. The van der Waals surface area contributed by atoms with Crippen molar-refractivity contribution < 1.29 is 10.0 Å². The van der Waals surface area contributed by atoms with E-state index in [-0.39, 0.29) is 17.8 Å². The second-order valence-corrected chi connectivity index (χ2v) is 6.75. The molecule has 2 atom stereocenters. The van der Waals surface area contributed by atoms with Crippen LogP contribution in [0.1, 0.15) is 44.9 Å². The van der Waals surface area contributed by atoms with Crippen LogP contribution in [0.3, 0.4) is 0 Å². The molecule has 6 heteroatoms. The SMILES string of the molecule is CSC1CCCC(NC(=O)C2(C(N)=NO)CCC2)C1. The highest BCUT2D eigenvalue weighted by atomic mass is 32.2. The average molecular weight is 285 g/mol. The summed E-state index contributed by atoms with van der Waals surface area (Å²) in [5.74, 6) is 0.00859. The largest absolute Gasteiger partial charge is 0.409 e. The Morgan fingerprint density at radius 3 is 2.68 bits per heavy atom. The van der Waals surface area contributed by atoms with Crippen molar-refractivity contribution in [3.05, 3.63) is 0 Å². The van der Waals surface area contributed by atoms with E-state index in [2.05, 4.69) is 16.7 Å². The third-order valence-corrected chi connectivity index (χ3v) is 5.63. The van der Waals surface area contributed by atoms with Crippen LogP contribution in [0, 0.1) is 5.41 Å². The molecule has 2 aliphatic rings. The Labute approximate surface area is 118 Å². The van der Waals surface area contributed by atoms with Gasteiger partial charge in [0.25, 0.3) is 0 Å². The molecule has 0 aromatic heterocycles. The monoisotopic (exact) mass is 285 g/mol. The number of carbonyl (C=O) groups is 1. The number of amides is 1. The van der Waals surface area contributed by atoms with Crippen molar-refractivity contribution >= 4 is 23.5 Å². The van der Waals surface area contributed by atoms with Crippen molar-refractivity contribution in [2.75, 3.05) is 6.26 Å². The van der Waals surface area contributed by atoms with E-state index in [9.17, 15) is 4.79 Å². The van der Waals surface area contributed by atoms with Crippen molar-refractivity contribution in [1.29, 1.82) is 0 Å². The minimum absolute atomic E-state index is 0.0548. The number of thioether (sulfide) groups is 1. The van der Waals surface area contributed by atoms with E-state index in [0.29, 0.717) is 18.1 Å². The van der Waals surface area contributed by atoms with Gasteiger partial charge in [-0.1, -0.05) is 18.0 Å². The first kappa shape index (κ1) is 14.5. The van der Waals surface area contributed by atoms with E-state index in [1.807, 2.05) is 11.8 Å². The third-order valence-electron chi connectivity index (χ3n) is 4.53. The summed E-state index contributed by atoms with van der Waals surface area (Å²) >= 11 is 1.87. The third kappa shape index (κ3) is 2.83. The van der Waals surface area contributed by atoms with Gasteiger partial charge in [-0.25, -0.2) is 0 Å². The standard InChI is InChI=1S/C13H23N3O2S/c1-19-10-5-2-4-9(8-10)15-12(17)13(6-3-7-13)11(14)16-18/h9-10,18H,2-8H2,1H3,(H2,14,16)(H,15,17). The smallest absolute Gasteiger partial charge is 0.234 e. The quantitative estimate of drug-likeness (QED) is 0.317. The maximum atomic E-state index is 12.4. The van der Waals surface area contributed by atoms with E-state index in [4.69, 9.17) is 10.9 Å². The van der Waals surface area contributed by atoms with E-state index in [0.717, 1.165) is 25.7 Å². The summed E-state index contributed by atoms with van der Waals surface area (Å²) in [5, 5.41) is 15.7. The van der Waals surface area contributed by atoms with Gasteiger partial charge < -0.3 is 16.3 Å². The first-order valence-electron chi connectivity index (χ1n) is 6.94. The Kier molecular flexibility index (Phi) is 4.60. The molecule has 2 unspecified atom stereocenters. The lowest BCUT2D eigenvalue weighted by atomic mass is 9.67. The molecule has 0 saturated heterocycles. The summed E-state index contributed by atoms with van der Waals surface area (Å²) < 4.78 is 0. The van der Waals surface area contributed by atoms with Gasteiger partial charge in [0.15, 0.2) is 5.84 Å². The molecule has 2 rings (SSSR count). The van der Waals surface area contributed by atoms with Crippen LogP contribution in [-0.4, -0.2) is 34.5 Å². The normalized spacial score (nSPS) is 30.5. The zero-order chi connectivity index (χ0) is 13.9. The number of rotatable bonds is 4. The Bertz CT molecular complexity index is 369. The van der Waals surface area contributed by atoms with E-state index in [1.54, 1.807) is 0 Å². The second-order valence-electron chi connectivity index (χ2n) is 5.62. The van der Waals surface area contributed by atoms with Crippen LogP contribution in [0.4, 0.5) is 0 Å². The number of amidine groups is 1. The fourth-order valence-corrected chi connectivity index (χ4v) is 3.87. The second kappa shape index (κ2) is 6.03. The Hall–Kier alpha value is -0.910. The maximum Gasteiger partial charge on any atom is 0.234 e. The van der Waals surface area contributed by atoms with Gasteiger partial charge in [-0.2, -0.15) is 11.8 Å². The molecule has 0 aliphatic heterocycles. The molecular formula is C13H23N3O2S. The molecule has 1 amide bonds. The number of nitrogens with one attached hydrogen (secondary N) is 1. The lowest BCUT2D eigenvalue weighted by molar-refractivity contribution is -0.132. The van der Waals surface area contributed by atoms with Crippen LogP contribution < -0.4 is 11.1 Å². The van der Waals surface area contributed by atoms with Crippen LogP contribution in [0.25, 0.3) is 0 Å². The molecule has 4 N–H and O–H groups in total. The van der Waals surface area contributed by atoms with Gasteiger partial charge in [-0.05, 0) is 38.4 Å². The van der Waals surface area contributed by atoms with Gasteiger partial charge >= 0.3 is 0 Å². The highest BCUT2D eigenvalue weighted by molar-refractivity contribution is 7.99. The van der Waals surface area contributed by atoms with Gasteiger partial charge in [0.2, 0.25) is 5.91 Å². The van der Waals surface area contributed by atoms with E-state index >= 15 is 0 Å². The summed E-state index contributed by atoms with van der Waals surface area (Å²) in [6.07, 6.45) is 8.92. The van der Waals surface area contributed by atoms with E-state index < -0.39 is 5.41 Å². The molecule has 2 saturated carbocycles. The van der Waals surface area contributed by atoms with Gasteiger partial charge in [-0.15, -0.1) is 0 Å². The first-order valence-corrected chi connectivity index (χ1v) is 8.23. The lowest BCUT2D eigenvalue weighted by Crippen LogP contribution is -2.56. The Morgan fingerprint density at radius 2 is 2.16 bits per heavy atom. The number of nitrogens with two attached hydrogens (primary N) is 1. The predicted molar refractivity (Wildman–Crippen MR) is 77.4 cm³/mol. The molecule has 0 aromatic rings. The summed E-state index contributed by atoms with van der Waals surface area (Å²) in [7, 11) is 0. The van der Waals surface area contributed by atoms with Crippen LogP contribution in [0.15, 0.2) is 5.16 Å². The van der Waals surface area contributed by atoms with Crippen molar-refractivity contribution in [3.63, 3.8) is 0 Å². The Balaban J connectivity index is 1.96. The highest BCUT2D eigenvalue weighted by Crippen LogP contribution is 2.41. The number of hydrogen-bond donors (Lipinski definition) is 3.